The Balaban J connectivity index is 2.09. The van der Waals surface area contributed by atoms with E-state index in [9.17, 15) is 25.2 Å². The average Bonchev–Trinajstić information content (AvgIpc) is 3.13. The number of esters is 1. The number of nitrogens with zero attached hydrogens (tertiary/aromatic N) is 2. The third kappa shape index (κ3) is 12.7. The molecule has 4 N–H and O–H groups in total. The van der Waals surface area contributed by atoms with Gasteiger partial charge in [0.15, 0.2) is 12.6 Å². The molecule has 0 aromatic carbocycles. The van der Waals surface area contributed by atoms with Crippen LogP contribution in [0.5, 0.6) is 0 Å². The normalized spacial score (nSPS) is 43.6. The van der Waals surface area contributed by atoms with Gasteiger partial charge in [-0.1, -0.05) is 25.9 Å². The quantitative estimate of drug-likeness (QED) is 0.0919. The molecule has 0 bridgehead atoms. The van der Waals surface area contributed by atoms with Gasteiger partial charge in [0.2, 0.25) is 6.79 Å². The van der Waals surface area contributed by atoms with E-state index < -0.39 is 90.2 Å². The highest BCUT2D eigenvalue weighted by molar-refractivity contribution is 5.88. The van der Waals surface area contributed by atoms with Crippen LogP contribution >= 0.6 is 0 Å². The summed E-state index contributed by atoms with van der Waals surface area (Å²) in [6.07, 6.45) is -7.06. The molecule has 0 radical (unpaired) electrons. The van der Waals surface area contributed by atoms with Crippen molar-refractivity contribution in [3.8, 4) is 0 Å². The number of ether oxygens (including phenoxy) is 8. The van der Waals surface area contributed by atoms with Crippen molar-refractivity contribution in [2.24, 2.45) is 22.9 Å². The average molecular weight is 793 g/mol. The Hall–Kier alpha value is -1.54. The highest BCUT2D eigenvalue weighted by atomic mass is 16.7. The lowest BCUT2D eigenvalue weighted by molar-refractivity contribution is -0.297. The monoisotopic (exact) mass is 792 g/mol. The fourth-order valence-corrected chi connectivity index (χ4v) is 7.94. The van der Waals surface area contributed by atoms with Crippen LogP contribution in [-0.4, -0.2) is 164 Å². The Morgan fingerprint density at radius 3 is 2.16 bits per heavy atom. The van der Waals surface area contributed by atoms with E-state index in [2.05, 4.69) is 10.1 Å². The number of aliphatic hydroxyl groups excluding tert-OH is 3. The van der Waals surface area contributed by atoms with E-state index in [1.165, 1.54) is 14.0 Å². The van der Waals surface area contributed by atoms with Crippen molar-refractivity contribution in [3.05, 3.63) is 0 Å². The lowest BCUT2D eigenvalue weighted by atomic mass is 9.77. The Morgan fingerprint density at radius 1 is 0.873 bits per heavy atom. The summed E-state index contributed by atoms with van der Waals surface area (Å²) in [6, 6.07) is 0.169. The smallest absolute Gasteiger partial charge is 0.311 e. The van der Waals surface area contributed by atoms with Gasteiger partial charge in [-0.2, -0.15) is 0 Å². The molecule has 55 heavy (non-hydrogen) atoms. The molecule has 3 fully saturated rings. The minimum absolute atomic E-state index is 0.0210. The molecule has 0 aromatic heterocycles. The maximum absolute atomic E-state index is 14.1. The number of oxime groups is 1. The predicted octanol–water partition coefficient (Wildman–Crippen LogP) is 2.60. The highest BCUT2D eigenvalue weighted by Gasteiger charge is 2.49. The molecule has 3 aliphatic rings. The van der Waals surface area contributed by atoms with Gasteiger partial charge >= 0.3 is 5.97 Å². The summed E-state index contributed by atoms with van der Waals surface area (Å²) in [5.41, 5.74) is -2.56. The number of hydrogen-bond donors (Lipinski definition) is 4. The molecule has 9 unspecified atom stereocenters. The van der Waals surface area contributed by atoms with E-state index in [-0.39, 0.29) is 51.2 Å². The number of rotatable bonds is 13. The Bertz CT molecular complexity index is 1190. The first-order chi connectivity index (χ1) is 25.8. The number of carbonyl (C=O) groups is 1. The van der Waals surface area contributed by atoms with Crippen LogP contribution < -0.4 is 0 Å². The molecule has 0 spiro atoms. The van der Waals surface area contributed by atoms with Crippen LogP contribution in [0.25, 0.3) is 0 Å². The fourth-order valence-electron chi connectivity index (χ4n) is 7.94. The number of aliphatic hydroxyl groups is 4. The molecule has 3 rings (SSSR count). The van der Waals surface area contributed by atoms with Crippen molar-refractivity contribution < 1.29 is 68.0 Å². The van der Waals surface area contributed by atoms with Gasteiger partial charge in [0, 0.05) is 51.4 Å². The lowest BCUT2D eigenvalue weighted by Crippen LogP contribution is -2.57. The van der Waals surface area contributed by atoms with Crippen molar-refractivity contribution in [1.29, 1.82) is 0 Å². The third-order valence-electron chi connectivity index (χ3n) is 11.8. The van der Waals surface area contributed by atoms with Crippen LogP contribution in [0.1, 0.15) is 93.9 Å². The first-order valence-electron chi connectivity index (χ1n) is 19.9. The van der Waals surface area contributed by atoms with Crippen LogP contribution in [-0.2, 0) is 47.5 Å². The highest BCUT2D eigenvalue weighted by Crippen LogP contribution is 2.37. The van der Waals surface area contributed by atoms with E-state index in [1.54, 1.807) is 41.7 Å². The molecular formula is C39H72N2O14. The van der Waals surface area contributed by atoms with Crippen molar-refractivity contribution in [2.75, 3.05) is 48.3 Å². The summed E-state index contributed by atoms with van der Waals surface area (Å²) >= 11 is 0. The second-order valence-electron chi connectivity index (χ2n) is 16.4. The van der Waals surface area contributed by atoms with Crippen molar-refractivity contribution in [3.63, 3.8) is 0 Å². The van der Waals surface area contributed by atoms with Crippen LogP contribution in [0.15, 0.2) is 5.16 Å². The van der Waals surface area contributed by atoms with Crippen LogP contribution in [0, 0.1) is 17.8 Å². The second-order valence-corrected chi connectivity index (χ2v) is 16.4. The Kier molecular flexibility index (Phi) is 18.7. The molecule has 0 aliphatic carbocycles. The van der Waals surface area contributed by atoms with E-state index >= 15 is 0 Å². The van der Waals surface area contributed by atoms with Gasteiger partial charge in [0.05, 0.1) is 67.1 Å². The van der Waals surface area contributed by atoms with Gasteiger partial charge in [0.1, 0.15) is 17.8 Å². The zero-order chi connectivity index (χ0) is 41.2. The third-order valence-corrected chi connectivity index (χ3v) is 11.8. The van der Waals surface area contributed by atoms with Crippen molar-refractivity contribution >= 4 is 11.7 Å². The van der Waals surface area contributed by atoms with E-state index in [0.717, 1.165) is 6.42 Å². The molecule has 0 saturated carbocycles. The van der Waals surface area contributed by atoms with Crippen LogP contribution in [0.2, 0.25) is 0 Å². The molecule has 322 valence electrons. The van der Waals surface area contributed by atoms with Gasteiger partial charge in [-0.25, -0.2) is 0 Å². The predicted molar refractivity (Wildman–Crippen MR) is 202 cm³/mol. The Labute approximate surface area is 328 Å². The van der Waals surface area contributed by atoms with E-state index in [1.807, 2.05) is 27.9 Å². The SMILES string of the molecule is CC[C@H]1OC(=O)C(C)[C@@H](OC2C[C@@](C)(OC)[C@@H](O)C(C)O2)C[C@@H](OC2CC(N(C)C)CC(C)O2)C(O)C[C@@H](C)/C(=N\OCOCCOC)C(C)C(O)[C@]1(C)O. The summed E-state index contributed by atoms with van der Waals surface area (Å²) in [5.74, 6) is -2.95. The van der Waals surface area contributed by atoms with Crippen molar-refractivity contribution in [1.82, 2.24) is 4.90 Å². The number of methoxy groups -OCH3 is 2. The zero-order valence-corrected chi connectivity index (χ0v) is 35.2. The Morgan fingerprint density at radius 2 is 1.55 bits per heavy atom. The molecule has 16 atom stereocenters. The first kappa shape index (κ1) is 47.8. The number of cyclic esters (lactones) is 1. The molecule has 0 amide bonds. The standard InChI is InChI=1S/C39H72N2O14/c1-13-31-39(8,46)35(43)25(5)34(40-50-21-49-15-14-47-11)22(2)16-28(42)30(54-32-18-27(41(9)10)17-23(3)51-32)19-29(24(4)37(45)55-31)53-33-20-38(7,48-12)36(44)26(6)52-33/h22-33,35-36,42-44,46H,13-21H2,1-12H3/b40-34+/t22-,23?,24?,25?,26?,27?,28?,29+,30-,31-,32?,33?,35?,36+,38-,39-/m1/s1. The number of carbonyl (C=O) groups excluding carboxylic acids is 1. The molecule has 3 aliphatic heterocycles. The van der Waals surface area contributed by atoms with Gasteiger partial charge in [-0.3, -0.25) is 4.79 Å². The summed E-state index contributed by atoms with van der Waals surface area (Å²) in [4.78, 5) is 21.7. The van der Waals surface area contributed by atoms with E-state index in [0.29, 0.717) is 18.7 Å². The fraction of sp³-hybridized carbons (Fsp3) is 0.949. The zero-order valence-electron chi connectivity index (χ0n) is 35.2. The maximum Gasteiger partial charge on any atom is 0.311 e. The summed E-state index contributed by atoms with van der Waals surface area (Å²) in [6.45, 7) is 14.3. The molecule has 16 nitrogen and oxygen atoms in total. The van der Waals surface area contributed by atoms with Gasteiger partial charge in [-0.05, 0) is 68.0 Å². The lowest BCUT2D eigenvalue weighted by Gasteiger charge is -2.46. The van der Waals surface area contributed by atoms with E-state index in [4.69, 9.17) is 42.7 Å². The molecular weight excluding hydrogens is 720 g/mol. The summed E-state index contributed by atoms with van der Waals surface area (Å²) in [5, 5.41) is 51.0. The van der Waals surface area contributed by atoms with Gasteiger partial charge < -0.3 is 68.1 Å². The minimum atomic E-state index is -1.92. The number of hydrogen-bond acceptors (Lipinski definition) is 16. The summed E-state index contributed by atoms with van der Waals surface area (Å²) < 4.78 is 47.8. The molecule has 0 aromatic rings. The second kappa shape index (κ2) is 21.5. The summed E-state index contributed by atoms with van der Waals surface area (Å²) in [7, 11) is 7.08. The van der Waals surface area contributed by atoms with Crippen LogP contribution in [0.4, 0.5) is 0 Å². The van der Waals surface area contributed by atoms with Gasteiger partial charge in [0.25, 0.3) is 0 Å². The van der Waals surface area contributed by atoms with Gasteiger partial charge in [-0.15, -0.1) is 0 Å². The first-order valence-corrected chi connectivity index (χ1v) is 19.9. The topological polar surface area (TPSA) is 197 Å². The molecule has 3 heterocycles. The minimum Gasteiger partial charge on any atom is -0.459 e. The largest absolute Gasteiger partial charge is 0.459 e. The van der Waals surface area contributed by atoms with Crippen molar-refractivity contribution in [2.45, 2.75) is 173 Å². The van der Waals surface area contributed by atoms with Crippen LogP contribution in [0.3, 0.4) is 0 Å². The molecule has 3 saturated heterocycles. The molecule has 16 heteroatoms. The maximum atomic E-state index is 14.1.